The molecule has 0 unspecified atom stereocenters. The second-order valence-electron chi connectivity index (χ2n) is 8.39. The summed E-state index contributed by atoms with van der Waals surface area (Å²) in [5.74, 6) is 1.49. The Labute approximate surface area is 177 Å². The molecule has 0 atom stereocenters. The lowest BCUT2D eigenvalue weighted by molar-refractivity contribution is 0.0186. The summed E-state index contributed by atoms with van der Waals surface area (Å²) < 4.78 is 10.6. The molecule has 0 aliphatic carbocycles. The zero-order chi connectivity index (χ0) is 19.5. The predicted octanol–water partition coefficient (Wildman–Crippen LogP) is 2.35. The van der Waals surface area contributed by atoms with Gasteiger partial charge in [0.25, 0.3) is 0 Å². The van der Waals surface area contributed by atoms with Crippen LogP contribution in [-0.2, 0) is 16.7 Å². The van der Waals surface area contributed by atoms with Crippen LogP contribution in [0.1, 0.15) is 53.3 Å². The number of aliphatic imine (C=N–C) groups is 1. The molecule has 1 amide bonds. The first kappa shape index (κ1) is 23.4. The molecule has 2 heterocycles. The molecule has 0 bridgehead atoms. The summed E-state index contributed by atoms with van der Waals surface area (Å²) in [6.45, 7) is 14.1. The number of nitrogens with two attached hydrogens (primary N) is 1. The van der Waals surface area contributed by atoms with Crippen molar-refractivity contribution in [2.75, 3.05) is 26.2 Å². The zero-order valence-corrected chi connectivity index (χ0v) is 19.3. The highest BCUT2D eigenvalue weighted by atomic mass is 127. The van der Waals surface area contributed by atoms with E-state index < -0.39 is 5.60 Å². The maximum Gasteiger partial charge on any atom is 0.410 e. The van der Waals surface area contributed by atoms with Gasteiger partial charge in [0, 0.05) is 31.6 Å². The normalized spacial score (nSPS) is 16.1. The van der Waals surface area contributed by atoms with Gasteiger partial charge in [-0.05, 0) is 20.8 Å². The number of ether oxygens (including phenoxy) is 1. The Morgan fingerprint density at radius 1 is 1.15 bits per heavy atom. The van der Waals surface area contributed by atoms with Crippen molar-refractivity contribution in [3.8, 4) is 0 Å². The first-order valence-corrected chi connectivity index (χ1v) is 8.81. The molecule has 0 saturated carbocycles. The molecular formula is C17H31IN6O3. The van der Waals surface area contributed by atoms with Gasteiger partial charge in [-0.2, -0.15) is 4.98 Å². The van der Waals surface area contributed by atoms with Crippen LogP contribution >= 0.6 is 24.0 Å². The molecule has 1 aliphatic rings. The molecule has 0 aromatic carbocycles. The fraction of sp³-hybridized carbons (Fsp3) is 0.765. The standard InChI is InChI=1S/C17H30N6O3.HI/c1-16(2,3)13-20-12(21-26-13)11-19-14(18)22-7-9-23(10-8-22)15(24)25-17(4,5)6;/h7-11H2,1-6H3,(H2,18,19);1H. The van der Waals surface area contributed by atoms with E-state index in [2.05, 4.69) is 15.1 Å². The summed E-state index contributed by atoms with van der Waals surface area (Å²) in [6.07, 6.45) is -0.297. The number of carbonyl (C=O) groups excluding carboxylic acids is 1. The molecular weight excluding hydrogens is 463 g/mol. The first-order chi connectivity index (χ1) is 12.0. The van der Waals surface area contributed by atoms with E-state index in [4.69, 9.17) is 15.0 Å². The van der Waals surface area contributed by atoms with Crippen LogP contribution in [0.25, 0.3) is 0 Å². The average molecular weight is 494 g/mol. The number of nitrogens with zero attached hydrogens (tertiary/aromatic N) is 5. The van der Waals surface area contributed by atoms with E-state index in [1.54, 1.807) is 4.90 Å². The van der Waals surface area contributed by atoms with E-state index >= 15 is 0 Å². The largest absolute Gasteiger partial charge is 0.444 e. The van der Waals surface area contributed by atoms with Crippen LogP contribution in [0.3, 0.4) is 0 Å². The number of hydrogen-bond acceptors (Lipinski definition) is 6. The van der Waals surface area contributed by atoms with Gasteiger partial charge in [-0.15, -0.1) is 24.0 Å². The second-order valence-corrected chi connectivity index (χ2v) is 8.39. The van der Waals surface area contributed by atoms with Crippen molar-refractivity contribution in [1.29, 1.82) is 0 Å². The van der Waals surface area contributed by atoms with Crippen molar-refractivity contribution in [3.63, 3.8) is 0 Å². The van der Waals surface area contributed by atoms with Crippen molar-refractivity contribution in [2.45, 2.75) is 59.1 Å². The molecule has 154 valence electrons. The van der Waals surface area contributed by atoms with Gasteiger partial charge in [0.2, 0.25) is 5.89 Å². The Kier molecular flexibility index (Phi) is 7.87. The molecule has 1 aromatic heterocycles. The minimum atomic E-state index is -0.495. The van der Waals surface area contributed by atoms with Crippen LogP contribution in [0.15, 0.2) is 9.52 Å². The molecule has 2 N–H and O–H groups in total. The third-order valence-electron chi connectivity index (χ3n) is 3.75. The minimum Gasteiger partial charge on any atom is -0.444 e. The number of piperazine rings is 1. The first-order valence-electron chi connectivity index (χ1n) is 8.81. The Hall–Kier alpha value is -1.59. The van der Waals surface area contributed by atoms with Gasteiger partial charge in [-0.1, -0.05) is 25.9 Å². The maximum absolute atomic E-state index is 12.1. The Bertz CT molecular complexity index is 654. The summed E-state index contributed by atoms with van der Waals surface area (Å²) >= 11 is 0. The van der Waals surface area contributed by atoms with E-state index in [-0.39, 0.29) is 42.0 Å². The molecule has 2 rings (SSSR count). The molecule has 1 fully saturated rings. The van der Waals surface area contributed by atoms with E-state index in [9.17, 15) is 4.79 Å². The number of hydrogen-bond donors (Lipinski definition) is 1. The van der Waals surface area contributed by atoms with Crippen LogP contribution in [0.4, 0.5) is 4.79 Å². The van der Waals surface area contributed by atoms with Gasteiger partial charge >= 0.3 is 6.09 Å². The van der Waals surface area contributed by atoms with Crippen LogP contribution < -0.4 is 5.73 Å². The molecule has 0 radical (unpaired) electrons. The molecule has 27 heavy (non-hydrogen) atoms. The topological polar surface area (TPSA) is 110 Å². The van der Waals surface area contributed by atoms with Crippen molar-refractivity contribution < 1.29 is 14.1 Å². The molecule has 9 nitrogen and oxygen atoms in total. The van der Waals surface area contributed by atoms with E-state index in [0.717, 1.165) is 0 Å². The fourth-order valence-electron chi connectivity index (χ4n) is 2.32. The summed E-state index contributed by atoms with van der Waals surface area (Å²) in [6, 6.07) is 0. The minimum absolute atomic E-state index is 0. The maximum atomic E-state index is 12.1. The van der Waals surface area contributed by atoms with Gasteiger partial charge in [0.05, 0.1) is 0 Å². The Morgan fingerprint density at radius 3 is 2.19 bits per heavy atom. The molecule has 1 saturated heterocycles. The number of guanidine groups is 1. The van der Waals surface area contributed by atoms with Crippen molar-refractivity contribution >= 4 is 36.0 Å². The summed E-state index contributed by atoms with van der Waals surface area (Å²) in [5, 5.41) is 3.93. The van der Waals surface area contributed by atoms with Gasteiger partial charge in [0.15, 0.2) is 11.8 Å². The highest BCUT2D eigenvalue weighted by Gasteiger charge is 2.26. The van der Waals surface area contributed by atoms with Crippen LogP contribution in [0.2, 0.25) is 0 Å². The second kappa shape index (κ2) is 9.07. The Morgan fingerprint density at radius 2 is 1.70 bits per heavy atom. The average Bonchev–Trinajstić information content (AvgIpc) is 3.00. The summed E-state index contributed by atoms with van der Waals surface area (Å²) in [4.78, 5) is 24.4. The zero-order valence-electron chi connectivity index (χ0n) is 17.0. The third kappa shape index (κ3) is 7.15. The van der Waals surface area contributed by atoms with Crippen LogP contribution in [0.5, 0.6) is 0 Å². The van der Waals surface area contributed by atoms with Crippen molar-refractivity contribution in [1.82, 2.24) is 19.9 Å². The monoisotopic (exact) mass is 494 g/mol. The molecule has 1 aromatic rings. The Balaban J connectivity index is 0.00000364. The lowest BCUT2D eigenvalue weighted by atomic mass is 9.97. The van der Waals surface area contributed by atoms with Gasteiger partial charge in [-0.25, -0.2) is 9.79 Å². The molecule has 1 aliphatic heterocycles. The van der Waals surface area contributed by atoms with E-state index in [1.165, 1.54) is 0 Å². The van der Waals surface area contributed by atoms with Crippen LogP contribution in [-0.4, -0.2) is 63.8 Å². The fourth-order valence-corrected chi connectivity index (χ4v) is 2.32. The number of aromatic nitrogens is 2. The summed E-state index contributed by atoms with van der Waals surface area (Å²) in [7, 11) is 0. The van der Waals surface area contributed by atoms with E-state index in [1.807, 2.05) is 46.4 Å². The quantitative estimate of drug-likeness (QED) is 0.382. The van der Waals surface area contributed by atoms with Crippen molar-refractivity contribution in [2.24, 2.45) is 10.7 Å². The third-order valence-corrected chi connectivity index (χ3v) is 3.75. The van der Waals surface area contributed by atoms with Gasteiger partial charge < -0.3 is 24.8 Å². The smallest absolute Gasteiger partial charge is 0.410 e. The molecule has 0 spiro atoms. The number of halogens is 1. The highest BCUT2D eigenvalue weighted by Crippen LogP contribution is 2.19. The number of amides is 1. The van der Waals surface area contributed by atoms with Gasteiger partial charge in [0.1, 0.15) is 12.1 Å². The molecule has 10 heteroatoms. The number of carbonyl (C=O) groups is 1. The van der Waals surface area contributed by atoms with Crippen LogP contribution in [0, 0.1) is 0 Å². The van der Waals surface area contributed by atoms with Gasteiger partial charge in [-0.3, -0.25) is 0 Å². The SMILES string of the molecule is CC(C)(C)OC(=O)N1CCN(C(N)=NCc2noc(C(C)(C)C)n2)CC1.I. The predicted molar refractivity (Wildman–Crippen MR) is 113 cm³/mol. The number of rotatable bonds is 2. The summed E-state index contributed by atoms with van der Waals surface area (Å²) in [5.41, 5.74) is 5.38. The van der Waals surface area contributed by atoms with Crippen molar-refractivity contribution in [3.05, 3.63) is 11.7 Å². The lowest BCUT2D eigenvalue weighted by Crippen LogP contribution is -2.53. The highest BCUT2D eigenvalue weighted by molar-refractivity contribution is 14.0. The van der Waals surface area contributed by atoms with E-state index in [0.29, 0.717) is 43.9 Å². The lowest BCUT2D eigenvalue weighted by Gasteiger charge is -2.36.